The molecule has 4 aromatic rings. The van der Waals surface area contributed by atoms with Crippen molar-refractivity contribution in [3.63, 3.8) is 0 Å². The van der Waals surface area contributed by atoms with Crippen LogP contribution in [0.1, 0.15) is 39.3 Å². The van der Waals surface area contributed by atoms with E-state index in [1.54, 1.807) is 35.8 Å². The van der Waals surface area contributed by atoms with Gasteiger partial charge in [0.1, 0.15) is 0 Å². The van der Waals surface area contributed by atoms with Crippen LogP contribution < -0.4 is 16.0 Å². The number of nitrogens with one attached hydrogen (secondary N) is 3. The number of aryl methyl sites for hydroxylation is 1. The number of rotatable bonds is 6. The zero-order chi connectivity index (χ0) is 25.8. The number of hydrogen-bond donors (Lipinski definition) is 3. The average Bonchev–Trinajstić information content (AvgIpc) is 3.32. The lowest BCUT2D eigenvalue weighted by atomic mass is 10.0. The highest BCUT2D eigenvalue weighted by atomic mass is 32.1. The summed E-state index contributed by atoms with van der Waals surface area (Å²) < 4.78 is 1.82. The third-order valence-electron chi connectivity index (χ3n) is 6.27. The molecule has 186 valence electrons. The van der Waals surface area contributed by atoms with Crippen LogP contribution in [0.5, 0.6) is 0 Å². The molecular weight excluding hydrogens is 488 g/mol. The highest BCUT2D eigenvalue weighted by Crippen LogP contribution is 2.46. The van der Waals surface area contributed by atoms with E-state index in [2.05, 4.69) is 43.9 Å². The minimum atomic E-state index is -0.797. The molecule has 9 nitrogen and oxygen atoms in total. The number of benzene rings is 2. The van der Waals surface area contributed by atoms with Gasteiger partial charge in [0, 0.05) is 36.1 Å². The summed E-state index contributed by atoms with van der Waals surface area (Å²) in [5, 5.41) is 16.0. The number of carbonyl (C=O) groups excluding carboxylic acids is 3. The second-order valence-electron chi connectivity index (χ2n) is 8.74. The summed E-state index contributed by atoms with van der Waals surface area (Å²) in [6.45, 7) is 0.0625. The van der Waals surface area contributed by atoms with Gasteiger partial charge in [0.2, 0.25) is 0 Å². The Morgan fingerprint density at radius 3 is 2.70 bits per heavy atom. The zero-order valence-electron chi connectivity index (χ0n) is 20.1. The van der Waals surface area contributed by atoms with Crippen LogP contribution in [0.3, 0.4) is 0 Å². The van der Waals surface area contributed by atoms with Crippen LogP contribution in [-0.4, -0.2) is 39.0 Å². The van der Waals surface area contributed by atoms with Crippen LogP contribution >= 0.6 is 11.3 Å². The molecule has 0 atom stereocenters. The first-order valence-corrected chi connectivity index (χ1v) is 12.6. The van der Waals surface area contributed by atoms with Gasteiger partial charge in [0.15, 0.2) is 5.01 Å². The molecule has 3 N–H and O–H groups in total. The molecule has 0 aliphatic heterocycles. The van der Waals surface area contributed by atoms with Crippen molar-refractivity contribution >= 4 is 40.0 Å². The van der Waals surface area contributed by atoms with Crippen LogP contribution in [0, 0.1) is 11.8 Å². The van der Waals surface area contributed by atoms with Crippen molar-refractivity contribution < 1.29 is 14.4 Å². The molecule has 1 fully saturated rings. The van der Waals surface area contributed by atoms with Crippen molar-refractivity contribution in [2.75, 3.05) is 6.54 Å². The lowest BCUT2D eigenvalue weighted by Crippen LogP contribution is -2.40. The Bertz CT molecular complexity index is 1540. The van der Waals surface area contributed by atoms with Crippen molar-refractivity contribution in [1.82, 2.24) is 30.7 Å². The number of thiazole rings is 1. The number of hydrogen-bond acceptors (Lipinski definition) is 6. The third kappa shape index (κ3) is 5.37. The van der Waals surface area contributed by atoms with Gasteiger partial charge in [-0.1, -0.05) is 30.2 Å². The van der Waals surface area contributed by atoms with Gasteiger partial charge in [0.25, 0.3) is 5.91 Å². The number of amides is 3. The molecular formula is C27H24N6O3S. The van der Waals surface area contributed by atoms with Gasteiger partial charge >= 0.3 is 11.8 Å². The third-order valence-corrected chi connectivity index (χ3v) is 6.96. The fourth-order valence-corrected chi connectivity index (χ4v) is 4.62. The van der Waals surface area contributed by atoms with Gasteiger partial charge in [-0.15, -0.1) is 11.3 Å². The van der Waals surface area contributed by atoms with Crippen LogP contribution in [0.4, 0.5) is 0 Å². The van der Waals surface area contributed by atoms with E-state index in [0.29, 0.717) is 16.1 Å². The molecule has 1 aliphatic carbocycles. The Labute approximate surface area is 217 Å². The van der Waals surface area contributed by atoms with E-state index in [1.807, 2.05) is 30.1 Å². The Hall–Kier alpha value is -4.49. The molecule has 5 rings (SSSR count). The zero-order valence-corrected chi connectivity index (χ0v) is 20.9. The minimum Gasteiger partial charge on any atom is -0.344 e. The fraction of sp³-hybridized carbons (Fsp3) is 0.222. The van der Waals surface area contributed by atoms with E-state index in [9.17, 15) is 14.4 Å². The molecule has 2 aromatic carbocycles. The predicted octanol–water partition coefficient (Wildman–Crippen LogP) is 2.23. The molecule has 10 heteroatoms. The van der Waals surface area contributed by atoms with Crippen LogP contribution in [0.15, 0.2) is 60.2 Å². The fourth-order valence-electron chi connectivity index (χ4n) is 4.12. The summed E-state index contributed by atoms with van der Waals surface area (Å²) in [6, 6.07) is 13.2. The number of aromatic nitrogens is 3. The normalized spacial score (nSPS) is 13.3. The Morgan fingerprint density at radius 2 is 1.92 bits per heavy atom. The summed E-state index contributed by atoms with van der Waals surface area (Å²) in [5.41, 5.74) is 2.72. The maximum absolute atomic E-state index is 13.3. The van der Waals surface area contributed by atoms with E-state index < -0.39 is 17.4 Å². The maximum Gasteiger partial charge on any atom is 0.310 e. The molecule has 37 heavy (non-hydrogen) atoms. The van der Waals surface area contributed by atoms with Crippen LogP contribution in [0.2, 0.25) is 0 Å². The standard InChI is InChI=1S/C27H24N6O3S/c1-33-22-9-8-20(15-19(22)17-31-33)27(10-11-27)32-24(34)21-6-3-2-5-18(21)16-30-26(36)25(35)29-12-4-7-23-28-13-14-37-23/h2-3,5-6,8-9,13-15,17H,10-12,16H2,1H3,(H,29,35)(H,30,36)(H,32,34). The molecule has 0 unspecified atom stereocenters. The summed E-state index contributed by atoms with van der Waals surface area (Å²) in [5.74, 6) is 3.74. The summed E-state index contributed by atoms with van der Waals surface area (Å²) >= 11 is 1.39. The molecule has 0 saturated heterocycles. The first-order chi connectivity index (χ1) is 17.9. The first kappa shape index (κ1) is 24.2. The molecule has 0 bridgehead atoms. The van der Waals surface area contributed by atoms with Gasteiger partial charge in [-0.3, -0.25) is 19.1 Å². The number of nitrogens with zero attached hydrogens (tertiary/aromatic N) is 3. The highest BCUT2D eigenvalue weighted by molar-refractivity contribution is 7.10. The Balaban J connectivity index is 1.20. The lowest BCUT2D eigenvalue weighted by Gasteiger charge is -2.19. The van der Waals surface area contributed by atoms with Crippen LogP contribution in [0.25, 0.3) is 10.9 Å². The second-order valence-corrected chi connectivity index (χ2v) is 9.63. The molecule has 2 heterocycles. The average molecular weight is 513 g/mol. The maximum atomic E-state index is 13.3. The molecule has 1 aliphatic rings. The van der Waals surface area contributed by atoms with Crippen LogP contribution in [-0.2, 0) is 28.7 Å². The van der Waals surface area contributed by atoms with Crippen molar-refractivity contribution in [2.45, 2.75) is 24.9 Å². The minimum absolute atomic E-state index is 0.0255. The number of fused-ring (bicyclic) bond motifs is 1. The van der Waals surface area contributed by atoms with Gasteiger partial charge in [-0.2, -0.15) is 5.10 Å². The Kier molecular flexibility index (Phi) is 6.70. The molecule has 2 aromatic heterocycles. The van der Waals surface area contributed by atoms with Gasteiger partial charge in [0.05, 0.1) is 23.8 Å². The second kappa shape index (κ2) is 10.2. The van der Waals surface area contributed by atoms with Crippen molar-refractivity contribution in [3.05, 3.63) is 81.9 Å². The Morgan fingerprint density at radius 1 is 1.11 bits per heavy atom. The topological polar surface area (TPSA) is 118 Å². The smallest absolute Gasteiger partial charge is 0.310 e. The molecule has 1 saturated carbocycles. The summed E-state index contributed by atoms with van der Waals surface area (Å²) in [4.78, 5) is 41.7. The van der Waals surface area contributed by atoms with E-state index in [4.69, 9.17) is 0 Å². The number of carbonyl (C=O) groups is 3. The predicted molar refractivity (Wildman–Crippen MR) is 139 cm³/mol. The van der Waals surface area contributed by atoms with Crippen molar-refractivity contribution in [1.29, 1.82) is 0 Å². The molecule has 0 spiro atoms. The van der Waals surface area contributed by atoms with Gasteiger partial charge in [-0.25, -0.2) is 4.98 Å². The van der Waals surface area contributed by atoms with E-state index >= 15 is 0 Å². The van der Waals surface area contributed by atoms with E-state index in [1.165, 1.54) is 11.3 Å². The van der Waals surface area contributed by atoms with E-state index in [0.717, 1.165) is 29.3 Å². The molecule has 3 amide bonds. The van der Waals surface area contributed by atoms with Crippen molar-refractivity contribution in [3.8, 4) is 11.8 Å². The van der Waals surface area contributed by atoms with E-state index in [-0.39, 0.29) is 19.0 Å². The van der Waals surface area contributed by atoms with Gasteiger partial charge in [-0.05, 0) is 48.1 Å². The largest absolute Gasteiger partial charge is 0.344 e. The highest BCUT2D eigenvalue weighted by Gasteiger charge is 2.46. The van der Waals surface area contributed by atoms with Gasteiger partial charge < -0.3 is 16.0 Å². The van der Waals surface area contributed by atoms with Crippen molar-refractivity contribution in [2.24, 2.45) is 7.05 Å². The first-order valence-electron chi connectivity index (χ1n) is 11.7. The summed E-state index contributed by atoms with van der Waals surface area (Å²) in [6.07, 6.45) is 5.15. The lowest BCUT2D eigenvalue weighted by molar-refractivity contribution is -0.139. The quantitative estimate of drug-likeness (QED) is 0.271. The summed E-state index contributed by atoms with van der Waals surface area (Å²) in [7, 11) is 1.90. The SMILES string of the molecule is Cn1ncc2cc(C3(NC(=O)c4ccccc4CNC(=O)C(=O)NCC#Cc4nccs4)CC3)ccc21. The molecule has 0 radical (unpaired) electrons. The monoisotopic (exact) mass is 512 g/mol.